The van der Waals surface area contributed by atoms with Crippen LogP contribution in [-0.4, -0.2) is 47.8 Å². The average Bonchev–Trinajstić information content (AvgIpc) is 3.14. The second kappa shape index (κ2) is 8.57. The van der Waals surface area contributed by atoms with E-state index in [0.717, 1.165) is 11.0 Å². The van der Waals surface area contributed by atoms with Crippen molar-refractivity contribution in [2.45, 2.75) is 5.16 Å². The van der Waals surface area contributed by atoms with Crippen LogP contribution < -0.4 is 5.32 Å². The van der Waals surface area contributed by atoms with Gasteiger partial charge in [-0.15, -0.1) is 0 Å². The molecule has 1 amide bonds. The molecule has 0 radical (unpaired) electrons. The molecular formula is C19H17N3O5S. The van der Waals surface area contributed by atoms with Crippen molar-refractivity contribution in [2.24, 2.45) is 0 Å². The van der Waals surface area contributed by atoms with E-state index in [9.17, 15) is 14.4 Å². The topological polar surface area (TPSA) is 110 Å². The van der Waals surface area contributed by atoms with Gasteiger partial charge in [0, 0.05) is 0 Å². The number of fused-ring (bicyclic) bond motifs is 1. The number of ether oxygens (including phenoxy) is 2. The van der Waals surface area contributed by atoms with Gasteiger partial charge in [-0.1, -0.05) is 23.9 Å². The molecule has 8 nitrogen and oxygen atoms in total. The number of methoxy groups -OCH3 is 2. The van der Waals surface area contributed by atoms with Crippen LogP contribution in [0, 0.1) is 0 Å². The van der Waals surface area contributed by atoms with E-state index >= 15 is 0 Å². The summed E-state index contributed by atoms with van der Waals surface area (Å²) in [4.78, 5) is 43.6. The number of anilines is 1. The molecule has 0 aliphatic carbocycles. The van der Waals surface area contributed by atoms with Gasteiger partial charge < -0.3 is 19.8 Å². The summed E-state index contributed by atoms with van der Waals surface area (Å²) in [5.41, 5.74) is 2.20. The normalized spacial score (nSPS) is 10.5. The van der Waals surface area contributed by atoms with Crippen LogP contribution in [0.25, 0.3) is 11.0 Å². The molecule has 28 heavy (non-hydrogen) atoms. The molecule has 0 fully saturated rings. The first-order valence-corrected chi connectivity index (χ1v) is 9.18. The van der Waals surface area contributed by atoms with Gasteiger partial charge in [-0.3, -0.25) is 4.79 Å². The summed E-state index contributed by atoms with van der Waals surface area (Å²) in [7, 11) is 2.48. The zero-order valence-electron chi connectivity index (χ0n) is 15.1. The van der Waals surface area contributed by atoms with Crippen LogP contribution in [0.1, 0.15) is 20.7 Å². The summed E-state index contributed by atoms with van der Waals surface area (Å²) in [6.45, 7) is 0. The fraction of sp³-hybridized carbons (Fsp3) is 0.158. The van der Waals surface area contributed by atoms with Crippen LogP contribution >= 0.6 is 11.8 Å². The zero-order valence-corrected chi connectivity index (χ0v) is 16.0. The molecule has 0 spiro atoms. The van der Waals surface area contributed by atoms with E-state index in [-0.39, 0.29) is 28.5 Å². The number of aromatic nitrogens is 2. The van der Waals surface area contributed by atoms with Crippen molar-refractivity contribution in [3.05, 3.63) is 53.6 Å². The lowest BCUT2D eigenvalue weighted by Crippen LogP contribution is -2.18. The number of thioether (sulfide) groups is 1. The molecule has 3 rings (SSSR count). The van der Waals surface area contributed by atoms with Crippen molar-refractivity contribution in [3.8, 4) is 0 Å². The van der Waals surface area contributed by atoms with Gasteiger partial charge in [0.15, 0.2) is 5.16 Å². The van der Waals surface area contributed by atoms with E-state index in [1.807, 2.05) is 24.3 Å². The number of rotatable bonds is 6. The molecule has 0 aliphatic rings. The fourth-order valence-corrected chi connectivity index (χ4v) is 3.18. The predicted octanol–water partition coefficient (Wildman–Crippen LogP) is 2.87. The number of hydrogen-bond donors (Lipinski definition) is 2. The highest BCUT2D eigenvalue weighted by Gasteiger charge is 2.17. The van der Waals surface area contributed by atoms with Crippen LogP contribution in [0.15, 0.2) is 47.6 Å². The number of aromatic amines is 1. The number of H-pyrrole nitrogens is 1. The summed E-state index contributed by atoms with van der Waals surface area (Å²) >= 11 is 1.22. The van der Waals surface area contributed by atoms with E-state index in [4.69, 9.17) is 4.74 Å². The van der Waals surface area contributed by atoms with Gasteiger partial charge in [-0.25, -0.2) is 14.6 Å². The molecule has 0 aliphatic heterocycles. The Bertz CT molecular complexity index is 1010. The minimum atomic E-state index is -0.628. The molecule has 0 atom stereocenters. The van der Waals surface area contributed by atoms with E-state index in [1.165, 1.54) is 44.2 Å². The highest BCUT2D eigenvalue weighted by molar-refractivity contribution is 7.99. The van der Waals surface area contributed by atoms with Crippen molar-refractivity contribution >= 4 is 46.3 Å². The molecule has 0 unspecified atom stereocenters. The van der Waals surface area contributed by atoms with Gasteiger partial charge in [0.1, 0.15) is 0 Å². The number of nitrogens with zero attached hydrogens (tertiary/aromatic N) is 1. The lowest BCUT2D eigenvalue weighted by Gasteiger charge is -2.11. The number of esters is 2. The van der Waals surface area contributed by atoms with Crippen molar-refractivity contribution in [2.75, 3.05) is 25.3 Å². The van der Waals surface area contributed by atoms with Crippen molar-refractivity contribution in [1.82, 2.24) is 9.97 Å². The number of carbonyl (C=O) groups is 3. The molecular weight excluding hydrogens is 382 g/mol. The maximum Gasteiger partial charge on any atom is 0.339 e. The highest BCUT2D eigenvalue weighted by Crippen LogP contribution is 2.22. The number of para-hydroxylation sites is 2. The van der Waals surface area contributed by atoms with Crippen LogP contribution in [-0.2, 0) is 14.3 Å². The third-order valence-corrected chi connectivity index (χ3v) is 4.70. The minimum Gasteiger partial charge on any atom is -0.465 e. The zero-order chi connectivity index (χ0) is 20.1. The predicted molar refractivity (Wildman–Crippen MR) is 105 cm³/mol. The quantitative estimate of drug-likeness (QED) is 0.484. The van der Waals surface area contributed by atoms with Gasteiger partial charge in [0.25, 0.3) is 0 Å². The Hall–Kier alpha value is -3.33. The maximum atomic E-state index is 12.4. The monoisotopic (exact) mass is 399 g/mol. The van der Waals surface area contributed by atoms with Gasteiger partial charge in [0.2, 0.25) is 5.91 Å². The fourth-order valence-electron chi connectivity index (χ4n) is 2.50. The van der Waals surface area contributed by atoms with Crippen molar-refractivity contribution in [3.63, 3.8) is 0 Å². The highest BCUT2D eigenvalue weighted by atomic mass is 32.2. The molecule has 0 saturated carbocycles. The third kappa shape index (κ3) is 4.32. The lowest BCUT2D eigenvalue weighted by atomic mass is 10.1. The number of carbonyl (C=O) groups excluding carboxylic acids is 3. The Labute approximate surface area is 164 Å². The summed E-state index contributed by atoms with van der Waals surface area (Å²) in [6.07, 6.45) is 0. The third-order valence-electron chi connectivity index (χ3n) is 3.83. The Morgan fingerprint density at radius 3 is 2.54 bits per heavy atom. The van der Waals surface area contributed by atoms with Gasteiger partial charge >= 0.3 is 11.9 Å². The standard InChI is InChI=1S/C19H17N3O5S/c1-26-17(24)11-7-8-12(18(25)27-2)15(9-11)20-16(23)10-28-19-21-13-5-3-4-6-14(13)22-19/h3-9H,10H2,1-2H3,(H,20,23)(H,21,22). The average molecular weight is 399 g/mol. The summed E-state index contributed by atoms with van der Waals surface area (Å²) in [6, 6.07) is 11.8. The van der Waals surface area contributed by atoms with E-state index in [2.05, 4.69) is 20.0 Å². The SMILES string of the molecule is COC(=O)c1ccc(C(=O)OC)c(NC(=O)CSc2nc3ccccc3[nH]2)c1. The number of amides is 1. The van der Waals surface area contributed by atoms with Crippen molar-refractivity contribution < 1.29 is 23.9 Å². The second-order valence-electron chi connectivity index (χ2n) is 5.64. The molecule has 1 aromatic heterocycles. The first-order chi connectivity index (χ1) is 13.5. The van der Waals surface area contributed by atoms with Gasteiger partial charge in [-0.2, -0.15) is 0 Å². The number of nitrogens with one attached hydrogen (secondary N) is 2. The number of hydrogen-bond acceptors (Lipinski definition) is 7. The number of imidazole rings is 1. The van der Waals surface area contributed by atoms with E-state index in [1.54, 1.807) is 0 Å². The minimum absolute atomic E-state index is 0.0584. The van der Waals surface area contributed by atoms with Crippen LogP contribution in [0.2, 0.25) is 0 Å². The Kier molecular flexibility index (Phi) is 5.95. The first-order valence-electron chi connectivity index (χ1n) is 8.20. The Morgan fingerprint density at radius 1 is 1.07 bits per heavy atom. The molecule has 1 heterocycles. The molecule has 2 N–H and O–H groups in total. The van der Waals surface area contributed by atoms with Gasteiger partial charge in [0.05, 0.1) is 47.8 Å². The number of benzene rings is 2. The summed E-state index contributed by atoms with van der Waals surface area (Å²) < 4.78 is 9.39. The molecule has 0 bridgehead atoms. The van der Waals surface area contributed by atoms with Crippen LogP contribution in [0.3, 0.4) is 0 Å². The molecule has 9 heteroatoms. The molecule has 144 valence electrons. The van der Waals surface area contributed by atoms with E-state index in [0.29, 0.717) is 5.16 Å². The molecule has 0 saturated heterocycles. The lowest BCUT2D eigenvalue weighted by molar-refractivity contribution is -0.113. The second-order valence-corrected chi connectivity index (χ2v) is 6.60. The largest absolute Gasteiger partial charge is 0.465 e. The molecule has 3 aromatic rings. The Morgan fingerprint density at radius 2 is 1.82 bits per heavy atom. The summed E-state index contributed by atoms with van der Waals surface area (Å²) in [5, 5.41) is 3.24. The smallest absolute Gasteiger partial charge is 0.339 e. The summed E-state index contributed by atoms with van der Waals surface area (Å²) in [5.74, 6) is -1.51. The molecule has 2 aromatic carbocycles. The van der Waals surface area contributed by atoms with E-state index < -0.39 is 11.9 Å². The van der Waals surface area contributed by atoms with Gasteiger partial charge in [-0.05, 0) is 30.3 Å². The van der Waals surface area contributed by atoms with Crippen LogP contribution in [0.4, 0.5) is 5.69 Å². The van der Waals surface area contributed by atoms with Crippen LogP contribution in [0.5, 0.6) is 0 Å². The van der Waals surface area contributed by atoms with Crippen molar-refractivity contribution in [1.29, 1.82) is 0 Å². The Balaban J connectivity index is 1.74. The maximum absolute atomic E-state index is 12.4. The first kappa shape index (κ1) is 19.4.